The zero-order valence-corrected chi connectivity index (χ0v) is 13.8. The smallest absolute Gasteiger partial charge is 0.311 e. The quantitative estimate of drug-likeness (QED) is 0.919. The highest BCUT2D eigenvalue weighted by Crippen LogP contribution is 2.40. The van der Waals surface area contributed by atoms with E-state index < -0.39 is 16.8 Å². The molecular formula is C18H22FNO4. The number of carboxylic acids is 1. The number of amides is 1. The molecule has 2 fully saturated rings. The van der Waals surface area contributed by atoms with Crippen molar-refractivity contribution in [2.24, 2.45) is 5.41 Å². The Morgan fingerprint density at radius 1 is 1.25 bits per heavy atom. The number of ether oxygens (including phenoxy) is 1. The van der Waals surface area contributed by atoms with Crippen molar-refractivity contribution in [3.63, 3.8) is 0 Å². The molecule has 130 valence electrons. The number of hydrogen-bond donors (Lipinski definition) is 1. The predicted octanol–water partition coefficient (Wildman–Crippen LogP) is 2.20. The maximum Gasteiger partial charge on any atom is 0.311 e. The minimum absolute atomic E-state index is 0.110. The van der Waals surface area contributed by atoms with Crippen LogP contribution in [0.25, 0.3) is 0 Å². The lowest BCUT2D eigenvalue weighted by molar-refractivity contribution is -0.148. The molecule has 24 heavy (non-hydrogen) atoms. The largest absolute Gasteiger partial charge is 0.481 e. The first-order valence-corrected chi connectivity index (χ1v) is 8.24. The van der Waals surface area contributed by atoms with Gasteiger partial charge in [-0.1, -0.05) is 12.1 Å². The fourth-order valence-electron chi connectivity index (χ4n) is 3.74. The normalized spacial score (nSPS) is 26.3. The topological polar surface area (TPSA) is 66.8 Å². The number of carbonyl (C=O) groups excluding carboxylic acids is 1. The van der Waals surface area contributed by atoms with Crippen molar-refractivity contribution in [1.82, 2.24) is 4.90 Å². The van der Waals surface area contributed by atoms with Crippen LogP contribution in [0.2, 0.25) is 0 Å². The number of likely N-dealkylation sites (tertiary alicyclic amines) is 1. The summed E-state index contributed by atoms with van der Waals surface area (Å²) < 4.78 is 19.1. The first kappa shape index (κ1) is 16.9. The molecule has 1 amide bonds. The Morgan fingerprint density at radius 2 is 1.96 bits per heavy atom. The van der Waals surface area contributed by atoms with Gasteiger partial charge in [-0.05, 0) is 43.9 Å². The van der Waals surface area contributed by atoms with Gasteiger partial charge in [-0.15, -0.1) is 0 Å². The number of hydrogen-bond acceptors (Lipinski definition) is 3. The number of carboxylic acid groups (broad SMARTS) is 1. The molecule has 2 saturated heterocycles. The van der Waals surface area contributed by atoms with Crippen LogP contribution in [0.3, 0.4) is 0 Å². The second-order valence-electron chi connectivity index (χ2n) is 7.05. The van der Waals surface area contributed by atoms with Crippen molar-refractivity contribution in [2.45, 2.75) is 31.6 Å². The van der Waals surface area contributed by atoms with Gasteiger partial charge in [0.05, 0.1) is 10.8 Å². The molecule has 3 rings (SSSR count). The number of carbonyl (C=O) groups is 2. The highest BCUT2D eigenvalue weighted by atomic mass is 19.1. The lowest BCUT2D eigenvalue weighted by Crippen LogP contribution is -2.50. The highest BCUT2D eigenvalue weighted by Gasteiger charge is 2.49. The lowest BCUT2D eigenvalue weighted by atomic mass is 9.73. The van der Waals surface area contributed by atoms with Crippen molar-refractivity contribution in [2.75, 3.05) is 26.3 Å². The second-order valence-corrected chi connectivity index (χ2v) is 7.05. The summed E-state index contributed by atoms with van der Waals surface area (Å²) in [6.45, 7) is 3.15. The third-order valence-corrected chi connectivity index (χ3v) is 5.41. The van der Waals surface area contributed by atoms with Crippen LogP contribution in [-0.4, -0.2) is 48.2 Å². The average Bonchev–Trinajstić information content (AvgIpc) is 2.98. The Kier molecular flexibility index (Phi) is 4.34. The SMILES string of the molecule is C[C@@]1(C(=O)O)CCN(C(=O)C2(c3cccc(F)c3)CCOCC2)C1. The van der Waals surface area contributed by atoms with Gasteiger partial charge in [-0.25, -0.2) is 4.39 Å². The van der Waals surface area contributed by atoms with Gasteiger partial charge in [-0.2, -0.15) is 0 Å². The number of halogens is 1. The van der Waals surface area contributed by atoms with Crippen LogP contribution in [0.4, 0.5) is 4.39 Å². The fraction of sp³-hybridized carbons (Fsp3) is 0.556. The lowest BCUT2D eigenvalue weighted by Gasteiger charge is -2.39. The van der Waals surface area contributed by atoms with Crippen LogP contribution in [-0.2, 0) is 19.7 Å². The molecule has 1 N–H and O–H groups in total. The van der Waals surface area contributed by atoms with E-state index in [0.29, 0.717) is 44.6 Å². The summed E-state index contributed by atoms with van der Waals surface area (Å²) in [6.07, 6.45) is 1.40. The van der Waals surface area contributed by atoms with Crippen molar-refractivity contribution in [3.05, 3.63) is 35.6 Å². The van der Waals surface area contributed by atoms with Crippen LogP contribution in [0.5, 0.6) is 0 Å². The first-order chi connectivity index (χ1) is 11.4. The maximum absolute atomic E-state index is 13.7. The summed E-state index contributed by atoms with van der Waals surface area (Å²) in [4.78, 5) is 26.4. The van der Waals surface area contributed by atoms with Gasteiger partial charge >= 0.3 is 5.97 Å². The molecule has 0 aliphatic carbocycles. The Hall–Kier alpha value is -1.95. The Labute approximate surface area is 140 Å². The van der Waals surface area contributed by atoms with E-state index in [4.69, 9.17) is 4.74 Å². The molecule has 1 aromatic carbocycles. The van der Waals surface area contributed by atoms with Gasteiger partial charge in [0.1, 0.15) is 5.82 Å². The molecule has 0 saturated carbocycles. The number of aliphatic carboxylic acids is 1. The summed E-state index contributed by atoms with van der Waals surface area (Å²) in [6, 6.07) is 6.16. The molecule has 1 aromatic rings. The van der Waals surface area contributed by atoms with Crippen LogP contribution in [0.1, 0.15) is 31.7 Å². The Morgan fingerprint density at radius 3 is 2.54 bits per heavy atom. The Balaban J connectivity index is 1.92. The summed E-state index contributed by atoms with van der Waals surface area (Å²) >= 11 is 0. The maximum atomic E-state index is 13.7. The molecule has 5 nitrogen and oxygen atoms in total. The molecule has 0 aromatic heterocycles. The highest BCUT2D eigenvalue weighted by molar-refractivity contribution is 5.89. The monoisotopic (exact) mass is 335 g/mol. The third kappa shape index (κ3) is 2.79. The van der Waals surface area contributed by atoms with Crippen LogP contribution < -0.4 is 0 Å². The van der Waals surface area contributed by atoms with E-state index in [1.54, 1.807) is 24.0 Å². The molecule has 2 heterocycles. The second kappa shape index (κ2) is 6.16. The van der Waals surface area contributed by atoms with Crippen molar-refractivity contribution >= 4 is 11.9 Å². The van der Waals surface area contributed by atoms with Gasteiger partial charge < -0.3 is 14.7 Å². The van der Waals surface area contributed by atoms with Crippen molar-refractivity contribution in [1.29, 1.82) is 0 Å². The summed E-state index contributed by atoms with van der Waals surface area (Å²) in [5.74, 6) is -1.37. The fourth-order valence-corrected chi connectivity index (χ4v) is 3.74. The molecular weight excluding hydrogens is 313 g/mol. The molecule has 6 heteroatoms. The van der Waals surface area contributed by atoms with Gasteiger partial charge in [0.25, 0.3) is 0 Å². The minimum atomic E-state index is -0.913. The van der Waals surface area contributed by atoms with E-state index in [9.17, 15) is 19.1 Å². The van der Waals surface area contributed by atoms with E-state index in [1.165, 1.54) is 12.1 Å². The van der Waals surface area contributed by atoms with Crippen molar-refractivity contribution in [3.8, 4) is 0 Å². The van der Waals surface area contributed by atoms with E-state index in [2.05, 4.69) is 0 Å². The van der Waals surface area contributed by atoms with Gasteiger partial charge in [-0.3, -0.25) is 9.59 Å². The number of rotatable bonds is 3. The summed E-state index contributed by atoms with van der Waals surface area (Å²) in [5, 5.41) is 9.39. The molecule has 2 aliphatic heterocycles. The molecule has 1 atom stereocenters. The zero-order chi connectivity index (χ0) is 17.4. The Bertz CT molecular complexity index is 656. The van der Waals surface area contributed by atoms with Crippen LogP contribution in [0, 0.1) is 11.2 Å². The van der Waals surface area contributed by atoms with Gasteiger partial charge in [0.2, 0.25) is 5.91 Å². The molecule has 0 unspecified atom stereocenters. The van der Waals surface area contributed by atoms with E-state index >= 15 is 0 Å². The molecule has 0 bridgehead atoms. The zero-order valence-electron chi connectivity index (χ0n) is 13.8. The standard InChI is InChI=1S/C18H22FNO4/c1-17(16(22)23)5-8-20(12-17)15(21)18(6-9-24-10-7-18)13-3-2-4-14(19)11-13/h2-4,11H,5-10,12H2,1H3,(H,22,23)/t17-/m1/s1. The molecule has 0 radical (unpaired) electrons. The third-order valence-electron chi connectivity index (χ3n) is 5.41. The van der Waals surface area contributed by atoms with Crippen LogP contribution >= 0.6 is 0 Å². The molecule has 0 spiro atoms. The average molecular weight is 335 g/mol. The van der Waals surface area contributed by atoms with E-state index in [1.807, 2.05) is 0 Å². The number of nitrogens with zero attached hydrogens (tertiary/aromatic N) is 1. The van der Waals surface area contributed by atoms with E-state index in [0.717, 1.165) is 0 Å². The van der Waals surface area contributed by atoms with Crippen LogP contribution in [0.15, 0.2) is 24.3 Å². The first-order valence-electron chi connectivity index (χ1n) is 8.24. The van der Waals surface area contributed by atoms with Gasteiger partial charge in [0, 0.05) is 26.3 Å². The predicted molar refractivity (Wildman–Crippen MR) is 85.1 cm³/mol. The van der Waals surface area contributed by atoms with Crippen molar-refractivity contribution < 1.29 is 23.8 Å². The van der Waals surface area contributed by atoms with E-state index in [-0.39, 0.29) is 18.3 Å². The minimum Gasteiger partial charge on any atom is -0.481 e. The number of benzene rings is 1. The molecule has 2 aliphatic rings. The van der Waals surface area contributed by atoms with Gasteiger partial charge in [0.15, 0.2) is 0 Å². The summed E-state index contributed by atoms with van der Waals surface area (Å²) in [7, 11) is 0. The summed E-state index contributed by atoms with van der Waals surface area (Å²) in [5.41, 5.74) is -1.09.